The summed E-state index contributed by atoms with van der Waals surface area (Å²) >= 11 is 0. The van der Waals surface area contributed by atoms with E-state index in [9.17, 15) is 9.47 Å². The van der Waals surface area contributed by atoms with Crippen molar-refractivity contribution in [2.75, 3.05) is 45.8 Å². The van der Waals surface area contributed by atoms with E-state index >= 15 is 0 Å². The Morgan fingerprint density at radius 3 is 2.62 bits per heavy atom. The number of aromatic nitrogens is 2. The fourth-order valence-electron chi connectivity index (χ4n) is 4.80. The lowest BCUT2D eigenvalue weighted by atomic mass is 10.1. The average molecular weight is 563 g/mol. The summed E-state index contributed by atoms with van der Waals surface area (Å²) in [5.74, 6) is 1.47. The van der Waals surface area contributed by atoms with Crippen LogP contribution >= 0.6 is 0 Å². The van der Waals surface area contributed by atoms with E-state index in [2.05, 4.69) is 38.0 Å². The van der Waals surface area contributed by atoms with E-state index in [0.29, 0.717) is 52.5 Å². The van der Waals surface area contributed by atoms with Crippen molar-refractivity contribution in [1.29, 1.82) is 5.26 Å². The Hall–Kier alpha value is -3.56. The summed E-state index contributed by atoms with van der Waals surface area (Å²) in [5, 5.41) is 12.9. The van der Waals surface area contributed by atoms with E-state index in [1.807, 2.05) is 18.2 Å². The molecule has 3 aromatic rings. The number of nitriles is 1. The third-order valence-corrected chi connectivity index (χ3v) is 8.41. The van der Waals surface area contributed by atoms with Gasteiger partial charge in [-0.1, -0.05) is 0 Å². The highest BCUT2D eigenvalue weighted by Crippen LogP contribution is 2.30. The van der Waals surface area contributed by atoms with Gasteiger partial charge in [0.1, 0.15) is 34.7 Å². The first-order valence-electron chi connectivity index (χ1n) is 13.5. The van der Waals surface area contributed by atoms with E-state index in [-0.39, 0.29) is 12.1 Å². The number of hydrogen-bond acceptors (Lipinski definition) is 9. The van der Waals surface area contributed by atoms with Gasteiger partial charge in [0.25, 0.3) is 0 Å². The summed E-state index contributed by atoms with van der Waals surface area (Å²) < 4.78 is 33.3. The van der Waals surface area contributed by atoms with E-state index in [1.165, 1.54) is 0 Å². The number of likely N-dealkylation sites (tertiary alicyclic amines) is 1. The van der Waals surface area contributed by atoms with Crippen molar-refractivity contribution in [3.8, 4) is 28.8 Å². The summed E-state index contributed by atoms with van der Waals surface area (Å²) in [7, 11) is 2.28. The number of piperidine rings is 1. The van der Waals surface area contributed by atoms with Gasteiger partial charge in [-0.15, -0.1) is 0 Å². The van der Waals surface area contributed by atoms with Crippen LogP contribution in [0, 0.1) is 11.3 Å². The molecular formula is C29H34N6O4S. The third-order valence-electron chi connectivity index (χ3n) is 7.13. The maximum atomic E-state index is 13.1. The average Bonchev–Trinajstić information content (AvgIpc) is 2.99. The molecule has 1 aromatic heterocycles. The van der Waals surface area contributed by atoms with Crippen molar-refractivity contribution in [2.24, 2.45) is 0 Å². The summed E-state index contributed by atoms with van der Waals surface area (Å²) in [6, 6.07) is 15.2. The maximum Gasteiger partial charge on any atom is 0.227 e. The molecule has 210 valence electrons. The molecule has 2 fully saturated rings. The first-order valence-corrected chi connectivity index (χ1v) is 14.6. The molecule has 0 bridgehead atoms. The summed E-state index contributed by atoms with van der Waals surface area (Å²) in [6.07, 6.45) is 5.25. The molecule has 0 radical (unpaired) electrons. The van der Waals surface area contributed by atoms with Crippen molar-refractivity contribution in [3.05, 3.63) is 54.2 Å². The SMILES string of the molecule is COc1cc(Nc2nccc(-c3ccc(OC4CCOCC4)c(C#N)c3)n2)ccc1S(=O)NC1CCN(C)CC1. The van der Waals surface area contributed by atoms with Crippen LogP contribution in [0.1, 0.15) is 31.2 Å². The second-order valence-electron chi connectivity index (χ2n) is 9.97. The Labute approximate surface area is 237 Å². The molecule has 2 aliphatic rings. The van der Waals surface area contributed by atoms with E-state index in [0.717, 1.165) is 44.3 Å². The molecule has 2 aliphatic heterocycles. The zero-order valence-corrected chi connectivity index (χ0v) is 23.6. The first-order chi connectivity index (χ1) is 19.5. The number of nitrogens with one attached hydrogen (secondary N) is 2. The first kappa shape index (κ1) is 28.0. The largest absolute Gasteiger partial charge is 0.495 e. The van der Waals surface area contributed by atoms with Crippen molar-refractivity contribution in [1.82, 2.24) is 19.6 Å². The number of benzene rings is 2. The minimum Gasteiger partial charge on any atom is -0.495 e. The van der Waals surface area contributed by atoms with Crippen LogP contribution in [0.15, 0.2) is 53.6 Å². The standard InChI is InChI=1S/C29H34N6O4S/c1-35-13-8-22(9-14-35)34-40(36)28-6-4-23(18-27(28)37-2)32-29-31-12-7-25(33-29)20-3-5-26(21(17-20)19-30)39-24-10-15-38-16-11-24/h3-7,12,17-18,22,24,34H,8-11,13-16H2,1-2H3,(H,31,32,33). The van der Waals surface area contributed by atoms with Gasteiger partial charge in [-0.2, -0.15) is 5.26 Å². The summed E-state index contributed by atoms with van der Waals surface area (Å²) in [6.45, 7) is 3.31. The van der Waals surface area contributed by atoms with Gasteiger partial charge in [-0.05, 0) is 69.4 Å². The molecule has 3 heterocycles. The van der Waals surface area contributed by atoms with Crippen molar-refractivity contribution >= 4 is 22.6 Å². The van der Waals surface area contributed by atoms with Gasteiger partial charge in [0, 0.05) is 42.4 Å². The Bertz CT molecular complexity index is 1380. The molecule has 1 atom stereocenters. The predicted molar refractivity (Wildman–Crippen MR) is 153 cm³/mol. The van der Waals surface area contributed by atoms with Crippen molar-refractivity contribution in [3.63, 3.8) is 0 Å². The maximum absolute atomic E-state index is 13.1. The zero-order valence-electron chi connectivity index (χ0n) is 22.8. The second kappa shape index (κ2) is 13.2. The van der Waals surface area contributed by atoms with Crippen LogP contribution in [-0.4, -0.2) is 71.7 Å². The molecule has 0 saturated carbocycles. The molecule has 2 N–H and O–H groups in total. The lowest BCUT2D eigenvalue weighted by molar-refractivity contribution is 0.0254. The number of rotatable bonds is 9. The highest BCUT2D eigenvalue weighted by molar-refractivity contribution is 7.83. The van der Waals surface area contributed by atoms with Gasteiger partial charge >= 0.3 is 0 Å². The molecule has 0 spiro atoms. The molecule has 0 amide bonds. The highest BCUT2D eigenvalue weighted by Gasteiger charge is 2.21. The Balaban J connectivity index is 1.28. The Morgan fingerprint density at radius 1 is 1.07 bits per heavy atom. The molecular weight excluding hydrogens is 528 g/mol. The minimum atomic E-state index is -1.39. The van der Waals surface area contributed by atoms with Crippen LogP contribution in [0.25, 0.3) is 11.3 Å². The molecule has 5 rings (SSSR count). The van der Waals surface area contributed by atoms with Gasteiger partial charge in [0.05, 0.1) is 36.5 Å². The summed E-state index contributed by atoms with van der Waals surface area (Å²) in [4.78, 5) is 11.9. The lowest BCUT2D eigenvalue weighted by Crippen LogP contribution is -2.41. The third kappa shape index (κ3) is 6.95. The van der Waals surface area contributed by atoms with Gasteiger partial charge in [-0.25, -0.2) is 18.9 Å². The monoisotopic (exact) mass is 562 g/mol. The molecule has 40 heavy (non-hydrogen) atoms. The highest BCUT2D eigenvalue weighted by atomic mass is 32.2. The normalized spacial score (nSPS) is 17.6. The predicted octanol–water partition coefficient (Wildman–Crippen LogP) is 4.03. The van der Waals surface area contributed by atoms with Crippen molar-refractivity contribution < 1.29 is 18.4 Å². The second-order valence-corrected chi connectivity index (χ2v) is 11.2. The van der Waals surface area contributed by atoms with E-state index in [4.69, 9.17) is 14.2 Å². The topological polar surface area (TPSA) is 122 Å². The molecule has 1 unspecified atom stereocenters. The lowest BCUT2D eigenvalue weighted by Gasteiger charge is -2.29. The zero-order chi connectivity index (χ0) is 27.9. The van der Waals surface area contributed by atoms with Gasteiger partial charge in [0.2, 0.25) is 5.95 Å². The number of methoxy groups -OCH3 is 1. The molecule has 2 saturated heterocycles. The number of hydrogen-bond donors (Lipinski definition) is 2. The van der Waals surface area contributed by atoms with Gasteiger partial charge in [0.15, 0.2) is 0 Å². The fraction of sp³-hybridized carbons (Fsp3) is 0.414. The number of ether oxygens (including phenoxy) is 3. The molecule has 0 aliphatic carbocycles. The summed E-state index contributed by atoms with van der Waals surface area (Å²) in [5.41, 5.74) is 2.61. The minimum absolute atomic E-state index is 0.0485. The van der Waals surface area contributed by atoms with Crippen LogP contribution in [0.3, 0.4) is 0 Å². The van der Waals surface area contributed by atoms with E-state index in [1.54, 1.807) is 37.6 Å². The van der Waals surface area contributed by atoms with Crippen LogP contribution in [0.5, 0.6) is 11.5 Å². The molecule has 11 heteroatoms. The Kier molecular flexibility index (Phi) is 9.23. The van der Waals surface area contributed by atoms with Crippen LogP contribution < -0.4 is 19.5 Å². The number of anilines is 2. The van der Waals surface area contributed by atoms with Crippen LogP contribution in [0.2, 0.25) is 0 Å². The smallest absolute Gasteiger partial charge is 0.227 e. The quantitative estimate of drug-likeness (QED) is 0.398. The number of nitrogens with zero attached hydrogens (tertiary/aromatic N) is 4. The molecule has 2 aromatic carbocycles. The van der Waals surface area contributed by atoms with Gasteiger partial charge < -0.3 is 24.4 Å². The van der Waals surface area contributed by atoms with Crippen molar-refractivity contribution in [2.45, 2.75) is 42.7 Å². The van der Waals surface area contributed by atoms with Crippen LogP contribution in [0.4, 0.5) is 11.6 Å². The Morgan fingerprint density at radius 2 is 1.88 bits per heavy atom. The van der Waals surface area contributed by atoms with E-state index < -0.39 is 11.0 Å². The van der Waals surface area contributed by atoms with Crippen LogP contribution in [-0.2, 0) is 15.7 Å². The fourth-order valence-corrected chi connectivity index (χ4v) is 5.98. The van der Waals surface area contributed by atoms with Gasteiger partial charge in [-0.3, -0.25) is 0 Å². The molecule has 10 nitrogen and oxygen atoms in total.